The number of hydrogen-bond acceptors (Lipinski definition) is 7. The molecule has 5 aromatic rings. The van der Waals surface area contributed by atoms with E-state index in [9.17, 15) is 4.79 Å². The summed E-state index contributed by atoms with van der Waals surface area (Å²) in [5, 5.41) is 18.1. The van der Waals surface area contributed by atoms with Crippen molar-refractivity contribution in [3.05, 3.63) is 77.5 Å². The van der Waals surface area contributed by atoms with E-state index < -0.39 is 0 Å². The fourth-order valence-electron chi connectivity index (χ4n) is 3.18. The number of fused-ring (bicyclic) bond motifs is 1. The Hall–Kier alpha value is -4.31. The average Bonchev–Trinajstić information content (AvgIpc) is 3.46. The minimum Gasteiger partial charge on any atom is -0.339 e. The fraction of sp³-hybridized carbons (Fsp3) is 0.0476. The molecule has 10 nitrogen and oxygen atoms in total. The van der Waals surface area contributed by atoms with E-state index in [1.807, 2.05) is 13.0 Å². The minimum atomic E-state index is -0.261. The van der Waals surface area contributed by atoms with Crippen LogP contribution in [-0.4, -0.2) is 40.8 Å². The lowest BCUT2D eigenvalue weighted by atomic mass is 10.1. The third-order valence-corrected chi connectivity index (χ3v) is 5.10. The van der Waals surface area contributed by atoms with Gasteiger partial charge in [-0.2, -0.15) is 14.9 Å². The zero-order chi connectivity index (χ0) is 22.1. The van der Waals surface area contributed by atoms with Crippen LogP contribution in [0.1, 0.15) is 15.9 Å². The Morgan fingerprint density at radius 1 is 1.12 bits per heavy atom. The number of aryl methyl sites for hydroxylation is 1. The zero-order valence-corrected chi connectivity index (χ0v) is 17.5. The van der Waals surface area contributed by atoms with Gasteiger partial charge in [-0.15, -0.1) is 0 Å². The second-order valence-electron chi connectivity index (χ2n) is 6.90. The second kappa shape index (κ2) is 8.08. The molecule has 0 saturated heterocycles. The normalized spacial score (nSPS) is 10.9. The Bertz CT molecular complexity index is 1430. The Kier molecular flexibility index (Phi) is 4.96. The molecular formula is C21H16ClN9O. The summed E-state index contributed by atoms with van der Waals surface area (Å²) in [5.74, 6) is 1.27. The van der Waals surface area contributed by atoms with Crippen LogP contribution in [0, 0.1) is 6.92 Å². The number of aromatic amines is 1. The molecule has 0 spiro atoms. The number of nitrogens with zero attached hydrogens (tertiary/aromatic N) is 6. The summed E-state index contributed by atoms with van der Waals surface area (Å²) in [6.45, 7) is 1.94. The molecule has 0 aliphatic heterocycles. The maximum absolute atomic E-state index is 12.6. The SMILES string of the molecule is Cc1ccc(C(=O)Nc2ccn[nH]2)cc1Nc1ncnc2c1cnn2-c1ncccc1Cl. The van der Waals surface area contributed by atoms with E-state index in [2.05, 4.69) is 40.9 Å². The maximum atomic E-state index is 12.6. The molecule has 0 aliphatic rings. The van der Waals surface area contributed by atoms with E-state index in [-0.39, 0.29) is 5.91 Å². The number of anilines is 3. The summed E-state index contributed by atoms with van der Waals surface area (Å²) in [5.41, 5.74) is 2.70. The van der Waals surface area contributed by atoms with Crippen LogP contribution < -0.4 is 10.6 Å². The van der Waals surface area contributed by atoms with Crippen LogP contribution >= 0.6 is 11.6 Å². The van der Waals surface area contributed by atoms with Crippen LogP contribution in [0.2, 0.25) is 5.02 Å². The molecule has 4 aromatic heterocycles. The van der Waals surface area contributed by atoms with Crippen LogP contribution in [0.4, 0.5) is 17.3 Å². The Balaban J connectivity index is 1.48. The number of carbonyl (C=O) groups excluding carboxylic acids is 1. The van der Waals surface area contributed by atoms with Gasteiger partial charge in [-0.3, -0.25) is 9.89 Å². The van der Waals surface area contributed by atoms with E-state index in [0.717, 1.165) is 11.3 Å². The maximum Gasteiger partial charge on any atom is 0.256 e. The van der Waals surface area contributed by atoms with E-state index in [1.54, 1.807) is 53.6 Å². The van der Waals surface area contributed by atoms with Crippen LogP contribution in [-0.2, 0) is 0 Å². The van der Waals surface area contributed by atoms with Crippen LogP contribution in [0.25, 0.3) is 16.9 Å². The predicted octanol–water partition coefficient (Wildman–Crippen LogP) is 3.89. The van der Waals surface area contributed by atoms with Crippen molar-refractivity contribution in [3.63, 3.8) is 0 Å². The summed E-state index contributed by atoms with van der Waals surface area (Å²) in [6.07, 6.45) is 6.28. The summed E-state index contributed by atoms with van der Waals surface area (Å²) in [7, 11) is 0. The van der Waals surface area contributed by atoms with E-state index >= 15 is 0 Å². The molecule has 11 heteroatoms. The monoisotopic (exact) mass is 445 g/mol. The van der Waals surface area contributed by atoms with Gasteiger partial charge in [0.2, 0.25) is 0 Å². The third-order valence-electron chi connectivity index (χ3n) is 4.81. The van der Waals surface area contributed by atoms with Gasteiger partial charge in [0.1, 0.15) is 18.0 Å². The van der Waals surface area contributed by atoms with Gasteiger partial charge in [0.15, 0.2) is 11.5 Å². The highest BCUT2D eigenvalue weighted by Gasteiger charge is 2.15. The first-order chi connectivity index (χ1) is 15.6. The fourth-order valence-corrected chi connectivity index (χ4v) is 3.38. The quantitative estimate of drug-likeness (QED) is 0.374. The smallest absolute Gasteiger partial charge is 0.256 e. The summed E-state index contributed by atoms with van der Waals surface area (Å²) < 4.78 is 1.56. The van der Waals surface area contributed by atoms with Crippen molar-refractivity contribution in [2.75, 3.05) is 10.6 Å². The third kappa shape index (κ3) is 3.63. The molecule has 158 valence electrons. The molecule has 0 unspecified atom stereocenters. The van der Waals surface area contributed by atoms with Crippen molar-refractivity contribution in [1.82, 2.24) is 34.9 Å². The number of aromatic nitrogens is 7. The number of halogens is 1. The Labute approximate surface area is 186 Å². The summed E-state index contributed by atoms with van der Waals surface area (Å²) in [4.78, 5) is 25.6. The molecule has 0 fully saturated rings. The minimum absolute atomic E-state index is 0.261. The van der Waals surface area contributed by atoms with Gasteiger partial charge < -0.3 is 10.6 Å². The van der Waals surface area contributed by atoms with Crippen LogP contribution in [0.3, 0.4) is 0 Å². The number of hydrogen-bond donors (Lipinski definition) is 3. The van der Waals surface area contributed by atoms with Crippen molar-refractivity contribution >= 4 is 45.9 Å². The number of pyridine rings is 1. The van der Waals surface area contributed by atoms with Crippen molar-refractivity contribution in [2.45, 2.75) is 6.92 Å². The standard InChI is InChI=1S/C21H16ClN9O/c1-12-4-5-13(21(32)29-17-6-8-26-30-17)9-16(12)28-18-14-10-27-31(19(14)25-11-24-18)20-15(22)3-2-7-23-20/h2-11H,1H3,(H,24,25,28)(H2,26,29,30,32). The number of H-pyrrole nitrogens is 1. The highest BCUT2D eigenvalue weighted by molar-refractivity contribution is 6.32. The molecule has 0 bridgehead atoms. The Morgan fingerprint density at radius 2 is 2.03 bits per heavy atom. The number of carbonyl (C=O) groups is 1. The van der Waals surface area contributed by atoms with E-state index in [1.165, 1.54) is 6.33 Å². The zero-order valence-electron chi connectivity index (χ0n) is 16.7. The molecule has 1 amide bonds. The van der Waals surface area contributed by atoms with Crippen LogP contribution in [0.5, 0.6) is 0 Å². The lowest BCUT2D eigenvalue weighted by Crippen LogP contribution is -2.12. The van der Waals surface area contributed by atoms with Gasteiger partial charge in [0, 0.05) is 23.5 Å². The van der Waals surface area contributed by atoms with Crippen LogP contribution in [0.15, 0.2) is 61.3 Å². The van der Waals surface area contributed by atoms with E-state index in [0.29, 0.717) is 39.1 Å². The van der Waals surface area contributed by atoms with Crippen molar-refractivity contribution < 1.29 is 4.79 Å². The number of rotatable bonds is 5. The molecule has 0 radical (unpaired) electrons. The van der Waals surface area contributed by atoms with Gasteiger partial charge in [-0.25, -0.2) is 15.0 Å². The summed E-state index contributed by atoms with van der Waals surface area (Å²) >= 11 is 6.28. The van der Waals surface area contributed by atoms with E-state index in [4.69, 9.17) is 11.6 Å². The Morgan fingerprint density at radius 3 is 2.84 bits per heavy atom. The van der Waals surface area contributed by atoms with Crippen molar-refractivity contribution in [3.8, 4) is 5.82 Å². The van der Waals surface area contributed by atoms with Crippen molar-refractivity contribution in [1.29, 1.82) is 0 Å². The summed E-state index contributed by atoms with van der Waals surface area (Å²) in [6, 6.07) is 10.5. The molecule has 0 saturated carbocycles. The first kappa shape index (κ1) is 19.6. The lowest BCUT2D eigenvalue weighted by Gasteiger charge is -2.12. The number of benzene rings is 1. The predicted molar refractivity (Wildman–Crippen MR) is 120 cm³/mol. The topological polar surface area (TPSA) is 126 Å². The highest BCUT2D eigenvalue weighted by Crippen LogP contribution is 2.28. The molecule has 3 N–H and O–H groups in total. The average molecular weight is 446 g/mol. The first-order valence-electron chi connectivity index (χ1n) is 9.58. The molecule has 0 aliphatic carbocycles. The first-order valence-corrected chi connectivity index (χ1v) is 9.96. The largest absolute Gasteiger partial charge is 0.339 e. The van der Waals surface area contributed by atoms with Crippen molar-refractivity contribution in [2.24, 2.45) is 0 Å². The van der Waals surface area contributed by atoms with Gasteiger partial charge >= 0.3 is 0 Å². The second-order valence-corrected chi connectivity index (χ2v) is 7.31. The highest BCUT2D eigenvalue weighted by atomic mass is 35.5. The molecule has 4 heterocycles. The molecular weight excluding hydrogens is 430 g/mol. The van der Waals surface area contributed by atoms with Gasteiger partial charge in [0.05, 0.1) is 22.8 Å². The van der Waals surface area contributed by atoms with Gasteiger partial charge in [-0.05, 0) is 36.8 Å². The van der Waals surface area contributed by atoms with Gasteiger partial charge in [-0.1, -0.05) is 17.7 Å². The molecule has 0 atom stereocenters. The number of amides is 1. The molecule has 5 rings (SSSR count). The lowest BCUT2D eigenvalue weighted by molar-refractivity contribution is 0.102. The van der Waals surface area contributed by atoms with Gasteiger partial charge in [0.25, 0.3) is 5.91 Å². The molecule has 1 aromatic carbocycles. The molecule has 32 heavy (non-hydrogen) atoms. The number of nitrogens with one attached hydrogen (secondary N) is 3.